The van der Waals surface area contributed by atoms with Gasteiger partial charge in [-0.1, -0.05) is 43.2 Å². The summed E-state index contributed by atoms with van der Waals surface area (Å²) < 4.78 is 0. The Hall–Kier alpha value is -0.810. The van der Waals surface area contributed by atoms with Crippen molar-refractivity contribution in [1.29, 1.82) is 0 Å². The predicted molar refractivity (Wildman–Crippen MR) is 112 cm³/mol. The molecule has 0 bridgehead atoms. The minimum absolute atomic E-state index is 0. The smallest absolute Gasteiger partial charge is 0.242 e. The lowest BCUT2D eigenvalue weighted by atomic mass is 9.92. The molecule has 2 aliphatic rings. The summed E-state index contributed by atoms with van der Waals surface area (Å²) in [6.07, 6.45) is 5.93. The molecule has 1 saturated carbocycles. The zero-order valence-electron chi connectivity index (χ0n) is 15.9. The number of hydrogen-bond acceptors (Lipinski definition) is 3. The lowest BCUT2D eigenvalue weighted by Crippen LogP contribution is -2.57. The minimum Gasteiger partial charge on any atom is -0.341 e. The second-order valence-electron chi connectivity index (χ2n) is 7.76. The van der Waals surface area contributed by atoms with Gasteiger partial charge in [0.1, 0.15) is 0 Å². The lowest BCUT2D eigenvalue weighted by Gasteiger charge is -2.43. The Bertz CT molecular complexity index is 563. The first kappa shape index (κ1) is 23.2. The van der Waals surface area contributed by atoms with Crippen LogP contribution in [0, 0.1) is 0 Å². The van der Waals surface area contributed by atoms with Crippen molar-refractivity contribution in [3.05, 3.63) is 35.9 Å². The van der Waals surface area contributed by atoms with Gasteiger partial charge in [-0.25, -0.2) is 0 Å². The maximum Gasteiger partial charge on any atom is 0.242 e. The van der Waals surface area contributed by atoms with Gasteiger partial charge < -0.3 is 10.6 Å². The molecule has 2 N–H and O–H groups in total. The molecular formula is C20H33Cl2N3O. The molecule has 0 spiro atoms. The van der Waals surface area contributed by atoms with E-state index >= 15 is 0 Å². The largest absolute Gasteiger partial charge is 0.341 e. The average Bonchev–Trinajstić information content (AvgIpc) is 3.04. The van der Waals surface area contributed by atoms with Crippen LogP contribution in [0.2, 0.25) is 0 Å². The first-order valence-electron chi connectivity index (χ1n) is 9.34. The fraction of sp³-hybridized carbons (Fsp3) is 0.650. The highest BCUT2D eigenvalue weighted by atomic mass is 35.5. The third-order valence-electron chi connectivity index (χ3n) is 6.00. The Kier molecular flexibility index (Phi) is 8.87. The summed E-state index contributed by atoms with van der Waals surface area (Å²) >= 11 is 0. The van der Waals surface area contributed by atoms with Crippen LogP contribution in [0.25, 0.3) is 0 Å². The van der Waals surface area contributed by atoms with Crippen molar-refractivity contribution in [2.75, 3.05) is 13.6 Å². The van der Waals surface area contributed by atoms with Crippen molar-refractivity contribution in [2.45, 2.75) is 69.6 Å². The zero-order valence-corrected chi connectivity index (χ0v) is 17.5. The predicted octanol–water partition coefficient (Wildman–Crippen LogP) is 3.61. The highest BCUT2D eigenvalue weighted by Crippen LogP contribution is 2.31. The van der Waals surface area contributed by atoms with E-state index < -0.39 is 5.54 Å². The molecule has 6 heteroatoms. The van der Waals surface area contributed by atoms with Gasteiger partial charge in [-0.05, 0) is 38.2 Å². The Morgan fingerprint density at radius 1 is 1.23 bits per heavy atom. The van der Waals surface area contributed by atoms with E-state index in [0.717, 1.165) is 51.6 Å². The van der Waals surface area contributed by atoms with Crippen molar-refractivity contribution in [1.82, 2.24) is 9.80 Å². The van der Waals surface area contributed by atoms with Crippen LogP contribution in [-0.2, 0) is 11.3 Å². The summed E-state index contributed by atoms with van der Waals surface area (Å²) in [5.74, 6) is 0.161. The van der Waals surface area contributed by atoms with Crippen molar-refractivity contribution >= 4 is 30.7 Å². The third-order valence-corrected chi connectivity index (χ3v) is 6.00. The zero-order chi connectivity index (χ0) is 17.2. The molecule has 1 aromatic rings. The summed E-state index contributed by atoms with van der Waals surface area (Å²) in [4.78, 5) is 17.3. The fourth-order valence-corrected chi connectivity index (χ4v) is 4.34. The van der Waals surface area contributed by atoms with Gasteiger partial charge in [0, 0.05) is 32.2 Å². The number of amides is 1. The quantitative estimate of drug-likeness (QED) is 0.837. The van der Waals surface area contributed by atoms with Crippen LogP contribution in [0.3, 0.4) is 0 Å². The van der Waals surface area contributed by atoms with Gasteiger partial charge in [0.2, 0.25) is 5.91 Å². The number of rotatable bonds is 4. The number of nitrogens with zero attached hydrogens (tertiary/aromatic N) is 2. The van der Waals surface area contributed by atoms with Gasteiger partial charge in [-0.15, -0.1) is 24.8 Å². The Balaban J connectivity index is 0.00000169. The number of carbonyl (C=O) groups excluding carboxylic acids is 1. The molecule has 3 rings (SSSR count). The summed E-state index contributed by atoms with van der Waals surface area (Å²) in [5.41, 5.74) is 7.13. The SMILES string of the molecule is CC1CC(N(C)C(=O)C2(N)CCCC2)CCN1Cc1ccccc1.Cl.Cl. The van der Waals surface area contributed by atoms with E-state index in [4.69, 9.17) is 5.73 Å². The number of likely N-dealkylation sites (N-methyl/N-ethyl adjacent to an activating group) is 1. The summed E-state index contributed by atoms with van der Waals surface area (Å²) in [5, 5.41) is 0. The van der Waals surface area contributed by atoms with E-state index in [1.165, 1.54) is 5.56 Å². The topological polar surface area (TPSA) is 49.6 Å². The molecule has 0 radical (unpaired) electrons. The van der Waals surface area contributed by atoms with Gasteiger partial charge in [0.25, 0.3) is 0 Å². The van der Waals surface area contributed by atoms with Gasteiger partial charge in [0.05, 0.1) is 5.54 Å². The van der Waals surface area contributed by atoms with Gasteiger partial charge in [0.15, 0.2) is 0 Å². The normalized spacial score (nSPS) is 25.0. The monoisotopic (exact) mass is 401 g/mol. The molecule has 1 aliphatic heterocycles. The number of nitrogens with two attached hydrogens (primary N) is 1. The minimum atomic E-state index is -0.598. The number of halogens is 2. The lowest BCUT2D eigenvalue weighted by molar-refractivity contribution is -0.139. The molecule has 2 unspecified atom stereocenters. The Labute approximate surface area is 170 Å². The molecule has 1 amide bonds. The highest BCUT2D eigenvalue weighted by Gasteiger charge is 2.41. The third kappa shape index (κ3) is 5.13. The molecule has 1 heterocycles. The Morgan fingerprint density at radius 3 is 2.42 bits per heavy atom. The molecule has 2 atom stereocenters. The summed E-state index contributed by atoms with van der Waals surface area (Å²) in [6.45, 7) is 4.31. The van der Waals surface area contributed by atoms with E-state index in [-0.39, 0.29) is 30.7 Å². The van der Waals surface area contributed by atoms with Crippen LogP contribution in [-0.4, -0.2) is 46.9 Å². The fourth-order valence-electron chi connectivity index (χ4n) is 4.34. The van der Waals surface area contributed by atoms with Crippen LogP contribution in [0.5, 0.6) is 0 Å². The van der Waals surface area contributed by atoms with Crippen LogP contribution >= 0.6 is 24.8 Å². The maximum atomic E-state index is 12.8. The van der Waals surface area contributed by atoms with Crippen molar-refractivity contribution in [3.63, 3.8) is 0 Å². The second-order valence-corrected chi connectivity index (χ2v) is 7.76. The van der Waals surface area contributed by atoms with Gasteiger partial charge in [-0.2, -0.15) is 0 Å². The second kappa shape index (κ2) is 9.93. The van der Waals surface area contributed by atoms with E-state index in [1.807, 2.05) is 11.9 Å². The summed E-state index contributed by atoms with van der Waals surface area (Å²) in [6, 6.07) is 11.4. The molecule has 2 fully saturated rings. The Morgan fingerprint density at radius 2 is 1.85 bits per heavy atom. The number of piperidine rings is 1. The number of benzene rings is 1. The van der Waals surface area contributed by atoms with Crippen LogP contribution in [0.4, 0.5) is 0 Å². The molecule has 1 aliphatic carbocycles. The molecule has 1 saturated heterocycles. The van der Waals surface area contributed by atoms with Crippen molar-refractivity contribution in [2.24, 2.45) is 5.73 Å². The van der Waals surface area contributed by atoms with Crippen LogP contribution in [0.15, 0.2) is 30.3 Å². The highest BCUT2D eigenvalue weighted by molar-refractivity contribution is 5.86. The maximum absolute atomic E-state index is 12.8. The standard InChI is InChI=1S/C20H31N3O.2ClH/c1-16-14-18(22(2)19(24)20(21)11-6-7-12-20)10-13-23(16)15-17-8-4-3-5-9-17;;/h3-5,8-9,16,18H,6-7,10-15,21H2,1-2H3;2*1H. The van der Waals surface area contributed by atoms with Gasteiger partial charge >= 0.3 is 0 Å². The van der Waals surface area contributed by atoms with E-state index in [2.05, 4.69) is 42.2 Å². The number of hydrogen-bond donors (Lipinski definition) is 1. The first-order chi connectivity index (χ1) is 11.5. The number of carbonyl (C=O) groups is 1. The average molecular weight is 402 g/mol. The molecule has 0 aromatic heterocycles. The first-order valence-corrected chi connectivity index (χ1v) is 9.34. The summed E-state index contributed by atoms with van der Waals surface area (Å²) in [7, 11) is 1.96. The van der Waals surface area contributed by atoms with E-state index in [0.29, 0.717) is 12.1 Å². The molecule has 1 aromatic carbocycles. The van der Waals surface area contributed by atoms with Crippen molar-refractivity contribution < 1.29 is 4.79 Å². The number of likely N-dealkylation sites (tertiary alicyclic amines) is 1. The van der Waals surface area contributed by atoms with E-state index in [1.54, 1.807) is 0 Å². The molecule has 26 heavy (non-hydrogen) atoms. The molecular weight excluding hydrogens is 369 g/mol. The molecule has 148 valence electrons. The molecule has 4 nitrogen and oxygen atoms in total. The van der Waals surface area contributed by atoms with Gasteiger partial charge in [-0.3, -0.25) is 9.69 Å². The van der Waals surface area contributed by atoms with E-state index in [9.17, 15) is 4.79 Å². The van der Waals surface area contributed by atoms with Crippen molar-refractivity contribution in [3.8, 4) is 0 Å². The van der Waals surface area contributed by atoms with Crippen LogP contribution < -0.4 is 5.73 Å². The van der Waals surface area contributed by atoms with Crippen LogP contribution in [0.1, 0.15) is 51.0 Å².